The molecule has 2 N–H and O–H groups in total. The van der Waals surface area contributed by atoms with E-state index in [2.05, 4.69) is 6.07 Å². The van der Waals surface area contributed by atoms with Crippen LogP contribution in [0, 0.1) is 0 Å². The van der Waals surface area contributed by atoms with E-state index >= 15 is 0 Å². The van der Waals surface area contributed by atoms with Crippen LogP contribution in [-0.4, -0.2) is 37.6 Å². The van der Waals surface area contributed by atoms with Crippen LogP contribution in [0.4, 0.5) is 0 Å². The zero-order valence-corrected chi connectivity index (χ0v) is 16.9. The molecule has 1 amide bonds. The van der Waals surface area contributed by atoms with Crippen LogP contribution in [0.25, 0.3) is 0 Å². The number of likely N-dealkylation sites (tertiary alicyclic amines) is 1. The molecule has 2 aliphatic heterocycles. The number of carbonyl (C=O) groups excluding carboxylic acids is 1. The average molecular weight is 403 g/mol. The molecule has 2 aromatic rings. The summed E-state index contributed by atoms with van der Waals surface area (Å²) in [7, 11) is 1.70. The molecule has 2 heterocycles. The van der Waals surface area contributed by atoms with E-state index in [1.807, 2.05) is 47.4 Å². The second-order valence-corrected chi connectivity index (χ2v) is 7.30. The molecule has 1 atom stereocenters. The first kappa shape index (κ1) is 20.6. The number of piperidine rings is 1. The average Bonchev–Trinajstić information content (AvgIpc) is 2.73. The topological polar surface area (TPSA) is 64.8 Å². The van der Waals surface area contributed by atoms with Crippen LogP contribution in [0.5, 0.6) is 5.75 Å². The van der Waals surface area contributed by atoms with Crippen molar-refractivity contribution in [1.29, 1.82) is 0 Å². The summed E-state index contributed by atoms with van der Waals surface area (Å²) >= 11 is 0. The van der Waals surface area contributed by atoms with Crippen molar-refractivity contribution >= 4 is 18.3 Å². The number of hydrogen-bond acceptors (Lipinski definition) is 4. The fourth-order valence-electron chi connectivity index (χ4n) is 4.38. The van der Waals surface area contributed by atoms with Gasteiger partial charge < -0.3 is 20.1 Å². The molecule has 1 saturated heterocycles. The lowest BCUT2D eigenvalue weighted by molar-refractivity contribution is -0.142. The van der Waals surface area contributed by atoms with E-state index in [0.29, 0.717) is 19.7 Å². The number of halogens is 1. The first-order chi connectivity index (χ1) is 13.1. The summed E-state index contributed by atoms with van der Waals surface area (Å²) in [5.41, 5.74) is 9.16. The third-order valence-electron chi connectivity index (χ3n) is 5.85. The Morgan fingerprint density at radius 3 is 2.54 bits per heavy atom. The van der Waals surface area contributed by atoms with Gasteiger partial charge in [-0.3, -0.25) is 4.79 Å². The molecular weight excluding hydrogens is 376 g/mol. The number of fused-ring (bicyclic) bond motifs is 2. The second kappa shape index (κ2) is 8.52. The fraction of sp³-hybridized carbons (Fsp3) is 0.409. The molecule has 1 spiro atoms. The number of rotatable bonds is 3. The van der Waals surface area contributed by atoms with Crippen LogP contribution in [-0.2, 0) is 21.6 Å². The summed E-state index contributed by atoms with van der Waals surface area (Å²) < 4.78 is 11.9. The first-order valence-corrected chi connectivity index (χ1v) is 9.54. The molecule has 28 heavy (non-hydrogen) atoms. The highest BCUT2D eigenvalue weighted by Gasteiger charge is 2.44. The third-order valence-corrected chi connectivity index (χ3v) is 5.85. The van der Waals surface area contributed by atoms with E-state index in [-0.39, 0.29) is 23.9 Å². The van der Waals surface area contributed by atoms with Crippen molar-refractivity contribution < 1.29 is 14.3 Å². The summed E-state index contributed by atoms with van der Waals surface area (Å²) in [4.78, 5) is 14.7. The summed E-state index contributed by atoms with van der Waals surface area (Å²) in [6.07, 6.45) is 2.41. The zero-order chi connectivity index (χ0) is 18.9. The Balaban J connectivity index is 0.00000225. The van der Waals surface area contributed by atoms with Crippen molar-refractivity contribution in [3.63, 3.8) is 0 Å². The van der Waals surface area contributed by atoms with Gasteiger partial charge in [0.05, 0.1) is 13.7 Å². The highest BCUT2D eigenvalue weighted by molar-refractivity contribution is 5.85. The minimum atomic E-state index is -0.616. The molecule has 0 aromatic heterocycles. The number of carbonyl (C=O) groups is 1. The highest BCUT2D eigenvalue weighted by atomic mass is 35.5. The lowest BCUT2D eigenvalue weighted by atomic mass is 9.78. The van der Waals surface area contributed by atoms with Crippen LogP contribution in [0.1, 0.15) is 35.6 Å². The van der Waals surface area contributed by atoms with E-state index in [4.69, 9.17) is 15.2 Å². The lowest BCUT2D eigenvalue weighted by Crippen LogP contribution is -2.50. The standard InChI is InChI=1S/C22H26N2O3.ClH/c1-26-18-9-5-8-16-10-15-27-22(19(16)18)11-13-24(14-12-22)21(25)20(23)17-6-3-2-4-7-17;/h2-9,20H,10-15,23H2,1H3;1H/t20-;/m0./s1. The minimum absolute atomic E-state index is 0. The summed E-state index contributed by atoms with van der Waals surface area (Å²) in [5.74, 6) is 0.861. The van der Waals surface area contributed by atoms with Gasteiger partial charge in [0.2, 0.25) is 5.91 Å². The van der Waals surface area contributed by atoms with Crippen LogP contribution >= 0.6 is 12.4 Å². The fourth-order valence-corrected chi connectivity index (χ4v) is 4.38. The van der Waals surface area contributed by atoms with Gasteiger partial charge in [0.25, 0.3) is 0 Å². The van der Waals surface area contributed by atoms with E-state index in [0.717, 1.165) is 30.6 Å². The molecule has 6 heteroatoms. The Labute approximate surface area is 172 Å². The number of ether oxygens (including phenoxy) is 2. The highest BCUT2D eigenvalue weighted by Crippen LogP contribution is 2.45. The molecule has 0 unspecified atom stereocenters. The zero-order valence-electron chi connectivity index (χ0n) is 16.1. The Morgan fingerprint density at radius 2 is 1.86 bits per heavy atom. The predicted molar refractivity (Wildman–Crippen MR) is 111 cm³/mol. The van der Waals surface area contributed by atoms with E-state index < -0.39 is 6.04 Å². The van der Waals surface area contributed by atoms with Crippen molar-refractivity contribution in [2.75, 3.05) is 26.8 Å². The van der Waals surface area contributed by atoms with Gasteiger partial charge in [-0.15, -0.1) is 12.4 Å². The lowest BCUT2D eigenvalue weighted by Gasteiger charge is -2.45. The van der Waals surface area contributed by atoms with Crippen LogP contribution in [0.15, 0.2) is 48.5 Å². The SMILES string of the molecule is COc1cccc2c1C1(CCN(C(=O)[C@@H](N)c3ccccc3)CC1)OCC2.Cl. The van der Waals surface area contributed by atoms with Crippen LogP contribution in [0.3, 0.4) is 0 Å². The van der Waals surface area contributed by atoms with Crippen LogP contribution < -0.4 is 10.5 Å². The van der Waals surface area contributed by atoms with Crippen molar-refractivity contribution in [1.82, 2.24) is 4.90 Å². The monoisotopic (exact) mass is 402 g/mol. The van der Waals surface area contributed by atoms with E-state index in [9.17, 15) is 4.79 Å². The Hall–Kier alpha value is -2.08. The molecule has 4 rings (SSSR count). The molecule has 150 valence electrons. The van der Waals surface area contributed by atoms with Gasteiger partial charge in [-0.05, 0) is 36.5 Å². The predicted octanol–water partition coefficient (Wildman–Crippen LogP) is 3.21. The quantitative estimate of drug-likeness (QED) is 0.856. The van der Waals surface area contributed by atoms with Crippen molar-refractivity contribution in [3.05, 3.63) is 65.2 Å². The molecule has 0 bridgehead atoms. The number of nitrogens with two attached hydrogens (primary N) is 1. The normalized spacial score (nSPS) is 18.7. The maximum Gasteiger partial charge on any atom is 0.244 e. The van der Waals surface area contributed by atoms with Gasteiger partial charge in [0.15, 0.2) is 0 Å². The Morgan fingerprint density at radius 1 is 1.14 bits per heavy atom. The van der Waals surface area contributed by atoms with Crippen LogP contribution in [0.2, 0.25) is 0 Å². The van der Waals surface area contributed by atoms with E-state index in [1.54, 1.807) is 7.11 Å². The van der Waals surface area contributed by atoms with Gasteiger partial charge in [0.1, 0.15) is 17.4 Å². The number of methoxy groups -OCH3 is 1. The van der Waals surface area contributed by atoms with E-state index in [1.165, 1.54) is 11.1 Å². The number of hydrogen-bond donors (Lipinski definition) is 1. The van der Waals surface area contributed by atoms with Gasteiger partial charge in [-0.25, -0.2) is 0 Å². The molecule has 0 radical (unpaired) electrons. The van der Waals surface area contributed by atoms with Crippen molar-refractivity contribution in [2.45, 2.75) is 30.9 Å². The molecule has 0 saturated carbocycles. The molecule has 5 nitrogen and oxygen atoms in total. The Bertz CT molecular complexity index is 806. The summed E-state index contributed by atoms with van der Waals surface area (Å²) in [6.45, 7) is 1.98. The van der Waals surface area contributed by atoms with Gasteiger partial charge in [0, 0.05) is 18.7 Å². The first-order valence-electron chi connectivity index (χ1n) is 9.54. The van der Waals surface area contributed by atoms with Gasteiger partial charge >= 0.3 is 0 Å². The van der Waals surface area contributed by atoms with Gasteiger partial charge in [-0.1, -0.05) is 42.5 Å². The van der Waals surface area contributed by atoms with Crippen molar-refractivity contribution in [3.8, 4) is 5.75 Å². The molecule has 2 aliphatic rings. The summed E-state index contributed by atoms with van der Waals surface area (Å²) in [6, 6.07) is 15.1. The largest absolute Gasteiger partial charge is 0.496 e. The number of benzene rings is 2. The van der Waals surface area contributed by atoms with Gasteiger partial charge in [-0.2, -0.15) is 0 Å². The molecule has 2 aromatic carbocycles. The maximum atomic E-state index is 12.9. The molecule has 0 aliphatic carbocycles. The summed E-state index contributed by atoms with van der Waals surface area (Å²) in [5, 5.41) is 0. The number of nitrogens with zero attached hydrogens (tertiary/aromatic N) is 1. The smallest absolute Gasteiger partial charge is 0.244 e. The third kappa shape index (κ3) is 3.62. The molecular formula is C22H27ClN2O3. The second-order valence-electron chi connectivity index (χ2n) is 7.30. The number of amides is 1. The molecule has 1 fully saturated rings. The minimum Gasteiger partial charge on any atom is -0.496 e. The maximum absolute atomic E-state index is 12.9. The Kier molecular flexibility index (Phi) is 6.28. The van der Waals surface area contributed by atoms with Crippen molar-refractivity contribution in [2.24, 2.45) is 5.73 Å².